The molecule has 5 heteroatoms. The maximum absolute atomic E-state index is 13.1. The van der Waals surface area contributed by atoms with Gasteiger partial charge in [-0.25, -0.2) is 4.39 Å². The van der Waals surface area contributed by atoms with Gasteiger partial charge >= 0.3 is 5.97 Å². The van der Waals surface area contributed by atoms with Crippen molar-refractivity contribution in [2.45, 2.75) is 13.5 Å². The molecule has 0 radical (unpaired) electrons. The van der Waals surface area contributed by atoms with E-state index in [4.69, 9.17) is 4.74 Å². The molecule has 0 aliphatic heterocycles. The molecule has 3 nitrogen and oxygen atoms in total. The Morgan fingerprint density at radius 1 is 1.56 bits per heavy atom. The standard InChI is InChI=1S/C11H13BrFNO2/c1-2-16-11(15)7-14-6-8-3-4-9(12)10(13)5-8/h3-5,14H,2,6-7H2,1H3. The van der Waals surface area contributed by atoms with E-state index in [2.05, 4.69) is 21.2 Å². The molecule has 0 spiro atoms. The van der Waals surface area contributed by atoms with Gasteiger partial charge in [-0.15, -0.1) is 0 Å². The molecule has 1 rings (SSSR count). The lowest BCUT2D eigenvalue weighted by atomic mass is 10.2. The molecule has 1 aromatic carbocycles. The van der Waals surface area contributed by atoms with Crippen LogP contribution in [-0.4, -0.2) is 19.1 Å². The Kier molecular flexibility index (Phi) is 5.42. The molecule has 0 aliphatic rings. The van der Waals surface area contributed by atoms with Gasteiger partial charge in [-0.2, -0.15) is 0 Å². The lowest BCUT2D eigenvalue weighted by Crippen LogP contribution is -2.24. The van der Waals surface area contributed by atoms with E-state index in [0.717, 1.165) is 5.56 Å². The van der Waals surface area contributed by atoms with Gasteiger partial charge in [-0.1, -0.05) is 6.07 Å². The van der Waals surface area contributed by atoms with E-state index in [0.29, 0.717) is 17.6 Å². The van der Waals surface area contributed by atoms with Crippen molar-refractivity contribution < 1.29 is 13.9 Å². The number of halogens is 2. The van der Waals surface area contributed by atoms with Crippen LogP contribution in [0.2, 0.25) is 0 Å². The van der Waals surface area contributed by atoms with Crippen LogP contribution in [-0.2, 0) is 16.1 Å². The van der Waals surface area contributed by atoms with Crippen molar-refractivity contribution in [1.29, 1.82) is 0 Å². The van der Waals surface area contributed by atoms with E-state index in [1.165, 1.54) is 6.07 Å². The van der Waals surface area contributed by atoms with Gasteiger partial charge in [0.15, 0.2) is 0 Å². The number of rotatable bonds is 5. The van der Waals surface area contributed by atoms with Gasteiger partial charge < -0.3 is 10.1 Å². The molecule has 0 atom stereocenters. The van der Waals surface area contributed by atoms with Crippen molar-refractivity contribution in [3.63, 3.8) is 0 Å². The SMILES string of the molecule is CCOC(=O)CNCc1ccc(Br)c(F)c1. The third kappa shape index (κ3) is 4.28. The van der Waals surface area contributed by atoms with Crippen LogP contribution >= 0.6 is 15.9 Å². The first-order chi connectivity index (χ1) is 7.63. The normalized spacial score (nSPS) is 10.2. The zero-order chi connectivity index (χ0) is 12.0. The van der Waals surface area contributed by atoms with E-state index < -0.39 is 0 Å². The highest BCUT2D eigenvalue weighted by Gasteiger charge is 2.03. The number of esters is 1. The summed E-state index contributed by atoms with van der Waals surface area (Å²) < 4.78 is 18.3. The van der Waals surface area contributed by atoms with Gasteiger partial charge in [0.05, 0.1) is 17.6 Å². The molecule has 0 fully saturated rings. The summed E-state index contributed by atoms with van der Waals surface area (Å²) in [4.78, 5) is 11.0. The van der Waals surface area contributed by atoms with Gasteiger partial charge in [0, 0.05) is 6.54 Å². The third-order valence-electron chi connectivity index (χ3n) is 1.89. The average Bonchev–Trinajstić information content (AvgIpc) is 2.24. The average molecular weight is 290 g/mol. The van der Waals surface area contributed by atoms with Crippen molar-refractivity contribution >= 4 is 21.9 Å². The molecule has 16 heavy (non-hydrogen) atoms. The maximum atomic E-state index is 13.1. The van der Waals surface area contributed by atoms with E-state index in [9.17, 15) is 9.18 Å². The number of hydrogen-bond acceptors (Lipinski definition) is 3. The first kappa shape index (κ1) is 13.1. The van der Waals surface area contributed by atoms with Gasteiger partial charge in [0.25, 0.3) is 0 Å². The molecule has 0 saturated heterocycles. The summed E-state index contributed by atoms with van der Waals surface area (Å²) in [6.45, 7) is 2.68. The fourth-order valence-corrected chi connectivity index (χ4v) is 1.42. The highest BCUT2D eigenvalue weighted by molar-refractivity contribution is 9.10. The minimum Gasteiger partial charge on any atom is -0.465 e. The first-order valence-electron chi connectivity index (χ1n) is 4.93. The summed E-state index contributed by atoms with van der Waals surface area (Å²) in [5.74, 6) is -0.615. The van der Waals surface area contributed by atoms with Crippen LogP contribution in [0.25, 0.3) is 0 Å². The molecule has 0 bridgehead atoms. The molecule has 0 heterocycles. The van der Waals surface area contributed by atoms with Crippen LogP contribution in [0.1, 0.15) is 12.5 Å². The molecule has 0 aromatic heterocycles. The summed E-state index contributed by atoms with van der Waals surface area (Å²) in [6.07, 6.45) is 0. The largest absolute Gasteiger partial charge is 0.465 e. The lowest BCUT2D eigenvalue weighted by Gasteiger charge is -2.05. The zero-order valence-electron chi connectivity index (χ0n) is 8.93. The molecule has 0 aliphatic carbocycles. The van der Waals surface area contributed by atoms with Crippen LogP contribution in [0.3, 0.4) is 0 Å². The molecule has 0 amide bonds. The van der Waals surface area contributed by atoms with Gasteiger partial charge in [0.1, 0.15) is 5.82 Å². The predicted octanol–water partition coefficient (Wildman–Crippen LogP) is 2.24. The van der Waals surface area contributed by atoms with Crippen LogP contribution in [0, 0.1) is 5.82 Å². The first-order valence-corrected chi connectivity index (χ1v) is 5.73. The number of hydrogen-bond donors (Lipinski definition) is 1. The molecule has 1 N–H and O–H groups in total. The second kappa shape index (κ2) is 6.60. The molecule has 0 saturated carbocycles. The van der Waals surface area contributed by atoms with Crippen molar-refractivity contribution in [3.8, 4) is 0 Å². The second-order valence-electron chi connectivity index (χ2n) is 3.16. The molecule has 0 unspecified atom stereocenters. The van der Waals surface area contributed by atoms with Crippen LogP contribution < -0.4 is 5.32 Å². The third-order valence-corrected chi connectivity index (χ3v) is 2.53. The van der Waals surface area contributed by atoms with Crippen molar-refractivity contribution in [1.82, 2.24) is 5.32 Å². The monoisotopic (exact) mass is 289 g/mol. The number of carbonyl (C=O) groups is 1. The highest BCUT2D eigenvalue weighted by Crippen LogP contribution is 2.16. The van der Waals surface area contributed by atoms with Crippen LogP contribution in [0.5, 0.6) is 0 Å². The highest BCUT2D eigenvalue weighted by atomic mass is 79.9. The number of nitrogens with one attached hydrogen (secondary N) is 1. The number of benzene rings is 1. The van der Waals surface area contributed by atoms with Crippen molar-refractivity contribution in [2.75, 3.05) is 13.2 Å². The Bertz CT molecular complexity index is 371. The minimum absolute atomic E-state index is 0.130. The summed E-state index contributed by atoms with van der Waals surface area (Å²) in [7, 11) is 0. The smallest absolute Gasteiger partial charge is 0.319 e. The number of carbonyl (C=O) groups excluding carboxylic acids is 1. The Morgan fingerprint density at radius 3 is 2.94 bits per heavy atom. The Morgan fingerprint density at radius 2 is 2.31 bits per heavy atom. The Labute approximate surface area is 102 Å². The van der Waals surface area contributed by atoms with E-state index >= 15 is 0 Å². The van der Waals surface area contributed by atoms with Gasteiger partial charge in [-0.05, 0) is 40.5 Å². The second-order valence-corrected chi connectivity index (χ2v) is 4.01. The molecular weight excluding hydrogens is 277 g/mol. The zero-order valence-corrected chi connectivity index (χ0v) is 10.5. The molecule has 1 aromatic rings. The topological polar surface area (TPSA) is 38.3 Å². The van der Waals surface area contributed by atoms with E-state index in [1.807, 2.05) is 0 Å². The summed E-state index contributed by atoms with van der Waals surface area (Å²) >= 11 is 3.07. The molecule has 88 valence electrons. The fraction of sp³-hybridized carbons (Fsp3) is 0.364. The number of ether oxygens (including phenoxy) is 1. The lowest BCUT2D eigenvalue weighted by molar-refractivity contribution is -0.142. The van der Waals surface area contributed by atoms with Gasteiger partial charge in [0.2, 0.25) is 0 Å². The molecular formula is C11H13BrFNO2. The summed E-state index contributed by atoms with van der Waals surface area (Å²) in [5.41, 5.74) is 0.782. The van der Waals surface area contributed by atoms with Gasteiger partial charge in [-0.3, -0.25) is 4.79 Å². The van der Waals surface area contributed by atoms with E-state index in [-0.39, 0.29) is 18.3 Å². The quantitative estimate of drug-likeness (QED) is 0.845. The fourth-order valence-electron chi connectivity index (χ4n) is 1.17. The Balaban J connectivity index is 2.37. The van der Waals surface area contributed by atoms with Crippen molar-refractivity contribution in [3.05, 3.63) is 34.1 Å². The summed E-state index contributed by atoms with van der Waals surface area (Å²) in [6, 6.07) is 4.84. The van der Waals surface area contributed by atoms with Crippen molar-refractivity contribution in [2.24, 2.45) is 0 Å². The predicted molar refractivity (Wildman–Crippen MR) is 62.4 cm³/mol. The van der Waals surface area contributed by atoms with Crippen LogP contribution in [0.15, 0.2) is 22.7 Å². The Hall–Kier alpha value is -0.940. The van der Waals surface area contributed by atoms with E-state index in [1.54, 1.807) is 19.1 Å². The maximum Gasteiger partial charge on any atom is 0.319 e. The summed E-state index contributed by atoms with van der Waals surface area (Å²) in [5, 5.41) is 2.88. The minimum atomic E-state index is -0.310. The van der Waals surface area contributed by atoms with Crippen LogP contribution in [0.4, 0.5) is 4.39 Å².